The molecule has 8 heteroatoms. The van der Waals surface area contributed by atoms with Gasteiger partial charge < -0.3 is 20.7 Å². The number of nitrogen functional groups attached to an aromatic ring is 1. The molecule has 1 aromatic heterocycles. The summed E-state index contributed by atoms with van der Waals surface area (Å²) in [5.41, 5.74) is 5.73. The zero-order valence-electron chi connectivity index (χ0n) is 13.9. The summed E-state index contributed by atoms with van der Waals surface area (Å²) in [4.78, 5) is 26.6. The minimum absolute atomic E-state index is 0.0604. The topological polar surface area (TPSA) is 106 Å². The molecule has 3 N–H and O–H groups in total. The van der Waals surface area contributed by atoms with E-state index in [0.29, 0.717) is 32.3 Å². The van der Waals surface area contributed by atoms with Crippen LogP contribution in [-0.2, 0) is 4.74 Å². The first-order valence-corrected chi connectivity index (χ1v) is 8.25. The van der Waals surface area contributed by atoms with Gasteiger partial charge in [0.2, 0.25) is 17.7 Å². The Morgan fingerprint density at radius 3 is 2.74 bits per heavy atom. The molecular formula is C15H26N6O2. The van der Waals surface area contributed by atoms with Crippen molar-refractivity contribution in [2.24, 2.45) is 0 Å². The molecule has 1 aliphatic heterocycles. The van der Waals surface area contributed by atoms with Crippen LogP contribution in [0.4, 0.5) is 11.9 Å². The van der Waals surface area contributed by atoms with Gasteiger partial charge in [-0.15, -0.1) is 0 Å². The smallest absolute Gasteiger partial charge is 0.289 e. The Kier molecular flexibility index (Phi) is 6.52. The Bertz CT molecular complexity index is 519. The van der Waals surface area contributed by atoms with Crippen LogP contribution < -0.4 is 16.0 Å². The maximum atomic E-state index is 12.3. The number of carbonyl (C=O) groups is 1. The van der Waals surface area contributed by atoms with Crippen molar-refractivity contribution >= 4 is 17.8 Å². The van der Waals surface area contributed by atoms with Crippen LogP contribution in [0.3, 0.4) is 0 Å². The van der Waals surface area contributed by atoms with Crippen LogP contribution in [-0.4, -0.2) is 53.2 Å². The van der Waals surface area contributed by atoms with E-state index in [0.717, 1.165) is 19.3 Å². The van der Waals surface area contributed by atoms with Crippen LogP contribution in [0.25, 0.3) is 0 Å². The zero-order chi connectivity index (χ0) is 16.7. The van der Waals surface area contributed by atoms with Gasteiger partial charge >= 0.3 is 0 Å². The standard InChI is InChI=1S/C15H26N6O2/c1-3-4-5-6-11(2)17-13(22)12-18-14(16)20-15(19-12)21-7-9-23-10-8-21/h11H,3-10H2,1-2H3,(H,17,22)(H2,16,18,19,20)/t11-/m1/s1. The molecule has 0 aromatic carbocycles. The summed E-state index contributed by atoms with van der Waals surface area (Å²) in [6.07, 6.45) is 4.36. The lowest BCUT2D eigenvalue weighted by Gasteiger charge is -2.26. The van der Waals surface area contributed by atoms with Gasteiger partial charge in [-0.3, -0.25) is 4.79 Å². The maximum Gasteiger partial charge on any atom is 0.289 e. The number of ether oxygens (including phenoxy) is 1. The van der Waals surface area contributed by atoms with E-state index < -0.39 is 0 Å². The van der Waals surface area contributed by atoms with Crippen LogP contribution >= 0.6 is 0 Å². The normalized spacial score (nSPS) is 16.2. The average Bonchev–Trinajstić information content (AvgIpc) is 2.55. The van der Waals surface area contributed by atoms with Crippen molar-refractivity contribution in [1.29, 1.82) is 0 Å². The lowest BCUT2D eigenvalue weighted by Crippen LogP contribution is -2.39. The Morgan fingerprint density at radius 1 is 1.30 bits per heavy atom. The SMILES string of the molecule is CCCCC[C@@H](C)NC(=O)c1nc(N)nc(N2CCOCC2)n1. The molecule has 0 aliphatic carbocycles. The molecule has 0 unspecified atom stereocenters. The van der Waals surface area contributed by atoms with E-state index in [9.17, 15) is 4.79 Å². The molecule has 1 aromatic rings. The molecule has 1 saturated heterocycles. The molecule has 0 spiro atoms. The monoisotopic (exact) mass is 322 g/mol. The number of amides is 1. The van der Waals surface area contributed by atoms with Gasteiger partial charge in [0.25, 0.3) is 5.91 Å². The second-order valence-electron chi connectivity index (χ2n) is 5.79. The zero-order valence-corrected chi connectivity index (χ0v) is 13.9. The highest BCUT2D eigenvalue weighted by Crippen LogP contribution is 2.11. The Labute approximate surface area is 136 Å². The summed E-state index contributed by atoms with van der Waals surface area (Å²) in [5, 5.41) is 2.92. The van der Waals surface area contributed by atoms with Gasteiger partial charge in [0, 0.05) is 19.1 Å². The predicted octanol–water partition coefficient (Wildman–Crippen LogP) is 0.989. The van der Waals surface area contributed by atoms with E-state index in [1.165, 1.54) is 6.42 Å². The molecule has 2 heterocycles. The molecule has 2 rings (SSSR count). The number of hydrogen-bond acceptors (Lipinski definition) is 7. The van der Waals surface area contributed by atoms with E-state index in [1.54, 1.807) is 0 Å². The molecule has 0 radical (unpaired) electrons. The van der Waals surface area contributed by atoms with Crippen molar-refractivity contribution in [3.8, 4) is 0 Å². The predicted molar refractivity (Wildman–Crippen MR) is 88.3 cm³/mol. The first-order valence-electron chi connectivity index (χ1n) is 8.25. The summed E-state index contributed by atoms with van der Waals surface area (Å²) in [6, 6.07) is 0.0823. The molecule has 128 valence electrons. The lowest BCUT2D eigenvalue weighted by molar-refractivity contribution is 0.0927. The van der Waals surface area contributed by atoms with E-state index in [4.69, 9.17) is 10.5 Å². The van der Waals surface area contributed by atoms with Crippen LogP contribution in [0.1, 0.15) is 50.1 Å². The number of anilines is 2. The molecule has 0 bridgehead atoms. The number of morpholine rings is 1. The molecule has 1 amide bonds. The third-order valence-electron chi connectivity index (χ3n) is 3.76. The highest BCUT2D eigenvalue weighted by molar-refractivity contribution is 5.91. The molecule has 8 nitrogen and oxygen atoms in total. The summed E-state index contributed by atoms with van der Waals surface area (Å²) >= 11 is 0. The highest BCUT2D eigenvalue weighted by Gasteiger charge is 2.19. The molecular weight excluding hydrogens is 296 g/mol. The summed E-state index contributed by atoms with van der Waals surface area (Å²) in [7, 11) is 0. The van der Waals surface area contributed by atoms with E-state index in [2.05, 4.69) is 27.2 Å². The Hall–Kier alpha value is -1.96. The van der Waals surface area contributed by atoms with Crippen molar-refractivity contribution in [3.05, 3.63) is 5.82 Å². The van der Waals surface area contributed by atoms with Gasteiger partial charge in [-0.2, -0.15) is 15.0 Å². The number of unbranched alkanes of at least 4 members (excludes halogenated alkanes) is 2. The molecule has 1 atom stereocenters. The van der Waals surface area contributed by atoms with Crippen molar-refractivity contribution < 1.29 is 9.53 Å². The quantitative estimate of drug-likeness (QED) is 0.721. The van der Waals surface area contributed by atoms with Crippen molar-refractivity contribution in [3.63, 3.8) is 0 Å². The van der Waals surface area contributed by atoms with Gasteiger partial charge in [-0.1, -0.05) is 26.2 Å². The van der Waals surface area contributed by atoms with Crippen LogP contribution in [0.15, 0.2) is 0 Å². The number of nitrogens with two attached hydrogens (primary N) is 1. The van der Waals surface area contributed by atoms with Gasteiger partial charge in [0.05, 0.1) is 13.2 Å². The Balaban J connectivity index is 2.00. The van der Waals surface area contributed by atoms with Crippen LogP contribution in [0.2, 0.25) is 0 Å². The van der Waals surface area contributed by atoms with Crippen LogP contribution in [0, 0.1) is 0 Å². The van der Waals surface area contributed by atoms with E-state index >= 15 is 0 Å². The Morgan fingerprint density at radius 2 is 2.04 bits per heavy atom. The highest BCUT2D eigenvalue weighted by atomic mass is 16.5. The first-order chi connectivity index (χ1) is 11.1. The average molecular weight is 322 g/mol. The van der Waals surface area contributed by atoms with Crippen LogP contribution in [0.5, 0.6) is 0 Å². The fraction of sp³-hybridized carbons (Fsp3) is 0.733. The summed E-state index contributed by atoms with van der Waals surface area (Å²) < 4.78 is 5.31. The van der Waals surface area contributed by atoms with E-state index in [1.807, 2.05) is 11.8 Å². The van der Waals surface area contributed by atoms with Gasteiger partial charge in [-0.05, 0) is 13.3 Å². The molecule has 23 heavy (non-hydrogen) atoms. The second-order valence-corrected chi connectivity index (χ2v) is 5.79. The number of aromatic nitrogens is 3. The lowest BCUT2D eigenvalue weighted by atomic mass is 10.1. The van der Waals surface area contributed by atoms with Gasteiger partial charge in [0.1, 0.15) is 0 Å². The number of nitrogens with one attached hydrogen (secondary N) is 1. The second kappa shape index (κ2) is 8.61. The third-order valence-corrected chi connectivity index (χ3v) is 3.76. The van der Waals surface area contributed by atoms with Crippen molar-refractivity contribution in [2.75, 3.05) is 36.9 Å². The number of hydrogen-bond donors (Lipinski definition) is 2. The third kappa shape index (κ3) is 5.31. The number of nitrogens with zero attached hydrogens (tertiary/aromatic N) is 4. The first kappa shape index (κ1) is 17.4. The minimum Gasteiger partial charge on any atom is -0.378 e. The molecule has 0 saturated carbocycles. The van der Waals surface area contributed by atoms with Crippen molar-refractivity contribution in [2.45, 2.75) is 45.6 Å². The fourth-order valence-electron chi connectivity index (χ4n) is 2.45. The van der Waals surface area contributed by atoms with E-state index in [-0.39, 0.29) is 23.7 Å². The molecule has 1 aliphatic rings. The number of carbonyl (C=O) groups excluding carboxylic acids is 1. The maximum absolute atomic E-state index is 12.3. The summed E-state index contributed by atoms with van der Waals surface area (Å²) in [5.74, 6) is 0.258. The van der Waals surface area contributed by atoms with Gasteiger partial charge in [-0.25, -0.2) is 0 Å². The van der Waals surface area contributed by atoms with Gasteiger partial charge in [0.15, 0.2) is 0 Å². The summed E-state index contributed by atoms with van der Waals surface area (Å²) in [6.45, 7) is 6.73. The minimum atomic E-state index is -0.308. The van der Waals surface area contributed by atoms with Crippen molar-refractivity contribution in [1.82, 2.24) is 20.3 Å². The molecule has 1 fully saturated rings. The number of rotatable bonds is 7. The largest absolute Gasteiger partial charge is 0.378 e. The fourth-order valence-corrected chi connectivity index (χ4v) is 2.45.